The SMILES string of the molecule is C=C(NC1CCN(CCO)C1)c1c(C)[nH]c(/C=c2\c(=C)[nH]c3ccc(F)cc23)c1C. The lowest BCUT2D eigenvalue weighted by Crippen LogP contribution is -2.32. The van der Waals surface area contributed by atoms with Crippen LogP contribution in [0.4, 0.5) is 4.39 Å². The summed E-state index contributed by atoms with van der Waals surface area (Å²) in [5, 5.41) is 15.2. The van der Waals surface area contributed by atoms with E-state index in [9.17, 15) is 4.39 Å². The predicted molar refractivity (Wildman–Crippen MR) is 121 cm³/mol. The average molecular weight is 409 g/mol. The highest BCUT2D eigenvalue weighted by atomic mass is 19.1. The fourth-order valence-corrected chi connectivity index (χ4v) is 4.53. The van der Waals surface area contributed by atoms with E-state index in [2.05, 4.69) is 40.3 Å². The third-order valence-corrected chi connectivity index (χ3v) is 6.02. The second-order valence-corrected chi connectivity index (χ2v) is 8.15. The number of β-amino-alcohol motifs (C(OH)–C–C–N with tert-alkyl or cyclic N) is 1. The van der Waals surface area contributed by atoms with Crippen molar-refractivity contribution in [3.8, 4) is 0 Å². The summed E-state index contributed by atoms with van der Waals surface area (Å²) in [7, 11) is 0. The Bertz CT molecular complexity index is 1210. The number of rotatable bonds is 6. The molecule has 0 amide bonds. The van der Waals surface area contributed by atoms with Crippen molar-refractivity contribution in [1.82, 2.24) is 20.2 Å². The Morgan fingerprint density at radius 1 is 1.37 bits per heavy atom. The molecule has 4 rings (SSSR count). The molecule has 5 nitrogen and oxygen atoms in total. The van der Waals surface area contributed by atoms with Gasteiger partial charge in [-0.15, -0.1) is 0 Å². The van der Waals surface area contributed by atoms with Gasteiger partial charge in [0.15, 0.2) is 0 Å². The molecular formula is C24H29FN4O. The Balaban J connectivity index is 1.64. The standard InChI is InChI=1S/C24H29FN4O/c1-14-23(12-20-15(2)27-22-6-5-18(25)11-21(20)22)28-17(4)24(14)16(3)26-19-7-8-29(13-19)9-10-30/h5-6,11-12,19,26-28,30H,2-3,7-10,13H2,1,4H3/b20-12+. The molecule has 0 saturated carbocycles. The molecule has 0 radical (unpaired) electrons. The second-order valence-electron chi connectivity index (χ2n) is 8.15. The summed E-state index contributed by atoms with van der Waals surface area (Å²) in [4.78, 5) is 8.94. The minimum absolute atomic E-state index is 0.189. The number of fused-ring (bicyclic) bond motifs is 1. The quantitative estimate of drug-likeness (QED) is 0.505. The maximum atomic E-state index is 13.8. The summed E-state index contributed by atoms with van der Waals surface area (Å²) in [6, 6.07) is 5.05. The van der Waals surface area contributed by atoms with Crippen molar-refractivity contribution in [2.45, 2.75) is 26.3 Å². The minimum atomic E-state index is -0.263. The van der Waals surface area contributed by atoms with Crippen molar-refractivity contribution in [3.63, 3.8) is 0 Å². The van der Waals surface area contributed by atoms with Gasteiger partial charge in [0.25, 0.3) is 0 Å². The first-order valence-electron chi connectivity index (χ1n) is 10.3. The molecule has 1 saturated heterocycles. The van der Waals surface area contributed by atoms with Gasteiger partial charge < -0.3 is 20.4 Å². The zero-order valence-electron chi connectivity index (χ0n) is 17.6. The maximum absolute atomic E-state index is 13.8. The number of nitrogens with one attached hydrogen (secondary N) is 3. The van der Waals surface area contributed by atoms with Crippen molar-refractivity contribution in [2.24, 2.45) is 0 Å². The van der Waals surface area contributed by atoms with Gasteiger partial charge in [-0.2, -0.15) is 0 Å². The van der Waals surface area contributed by atoms with Crippen LogP contribution in [0, 0.1) is 19.7 Å². The predicted octanol–water partition coefficient (Wildman–Crippen LogP) is 2.12. The van der Waals surface area contributed by atoms with Crippen molar-refractivity contribution in [2.75, 3.05) is 26.2 Å². The number of aliphatic hydroxyl groups is 1. The number of likely N-dealkylation sites (tertiary alicyclic amines) is 1. The first-order valence-corrected chi connectivity index (χ1v) is 10.3. The molecule has 158 valence electrons. The molecule has 3 heterocycles. The van der Waals surface area contributed by atoms with E-state index >= 15 is 0 Å². The van der Waals surface area contributed by atoms with Gasteiger partial charge in [0.2, 0.25) is 0 Å². The lowest BCUT2D eigenvalue weighted by Gasteiger charge is -2.18. The van der Waals surface area contributed by atoms with E-state index in [1.807, 2.05) is 13.0 Å². The minimum Gasteiger partial charge on any atom is -0.395 e. The third kappa shape index (κ3) is 3.80. The molecule has 4 N–H and O–H groups in total. The Labute approximate surface area is 175 Å². The molecule has 1 aliphatic heterocycles. The molecule has 30 heavy (non-hydrogen) atoms. The summed E-state index contributed by atoms with van der Waals surface area (Å²) in [6.45, 7) is 15.3. The molecule has 1 aliphatic rings. The number of aliphatic hydroxyl groups excluding tert-OH is 1. The maximum Gasteiger partial charge on any atom is 0.123 e. The number of hydrogen-bond donors (Lipinski definition) is 4. The molecule has 1 atom stereocenters. The number of halogens is 1. The Morgan fingerprint density at radius 3 is 2.93 bits per heavy atom. The average Bonchev–Trinajstić information content (AvgIpc) is 3.33. The van der Waals surface area contributed by atoms with Gasteiger partial charge in [-0.25, -0.2) is 4.39 Å². The molecular weight excluding hydrogens is 379 g/mol. The first-order chi connectivity index (χ1) is 14.4. The molecule has 0 spiro atoms. The van der Waals surface area contributed by atoms with Gasteiger partial charge >= 0.3 is 0 Å². The fourth-order valence-electron chi connectivity index (χ4n) is 4.53. The molecule has 1 fully saturated rings. The van der Waals surface area contributed by atoms with Crippen LogP contribution in [0.2, 0.25) is 0 Å². The highest BCUT2D eigenvalue weighted by molar-refractivity contribution is 5.82. The van der Waals surface area contributed by atoms with Crippen LogP contribution in [0.15, 0.2) is 24.8 Å². The van der Waals surface area contributed by atoms with Crippen molar-refractivity contribution >= 4 is 29.3 Å². The lowest BCUT2D eigenvalue weighted by molar-refractivity contribution is 0.219. The molecule has 3 aromatic rings. The summed E-state index contributed by atoms with van der Waals surface area (Å²) in [5.41, 5.74) is 5.95. The van der Waals surface area contributed by atoms with E-state index in [1.165, 1.54) is 12.1 Å². The molecule has 1 aromatic carbocycles. The molecule has 2 aromatic heterocycles. The highest BCUT2D eigenvalue weighted by Gasteiger charge is 2.23. The van der Waals surface area contributed by atoms with Crippen molar-refractivity contribution in [1.29, 1.82) is 0 Å². The van der Waals surface area contributed by atoms with E-state index < -0.39 is 0 Å². The second kappa shape index (κ2) is 8.13. The number of nitrogens with zero attached hydrogens (tertiary/aromatic N) is 1. The summed E-state index contributed by atoms with van der Waals surface area (Å²) in [6.07, 6.45) is 3.06. The van der Waals surface area contributed by atoms with E-state index in [0.29, 0.717) is 12.6 Å². The smallest absolute Gasteiger partial charge is 0.123 e. The van der Waals surface area contributed by atoms with E-state index in [0.717, 1.165) is 69.2 Å². The van der Waals surface area contributed by atoms with Gasteiger partial charge in [0.05, 0.1) is 6.61 Å². The molecule has 6 heteroatoms. The number of hydrogen-bond acceptors (Lipinski definition) is 3. The van der Waals surface area contributed by atoms with Crippen LogP contribution in [0.3, 0.4) is 0 Å². The summed E-state index contributed by atoms with van der Waals surface area (Å²) < 4.78 is 13.8. The van der Waals surface area contributed by atoms with Crippen LogP contribution in [-0.4, -0.2) is 52.3 Å². The van der Waals surface area contributed by atoms with Crippen molar-refractivity contribution < 1.29 is 9.50 Å². The topological polar surface area (TPSA) is 67.1 Å². The van der Waals surface area contributed by atoms with E-state index in [4.69, 9.17) is 5.11 Å². The zero-order valence-corrected chi connectivity index (χ0v) is 17.6. The normalized spacial score (nSPS) is 17.9. The molecule has 0 bridgehead atoms. The molecule has 1 unspecified atom stereocenters. The first kappa shape index (κ1) is 20.4. The monoisotopic (exact) mass is 408 g/mol. The Morgan fingerprint density at radius 2 is 2.17 bits per heavy atom. The number of aromatic nitrogens is 2. The van der Waals surface area contributed by atoms with Crippen LogP contribution >= 0.6 is 0 Å². The Kier molecular flexibility index (Phi) is 5.54. The largest absolute Gasteiger partial charge is 0.395 e. The number of aromatic amines is 2. The van der Waals surface area contributed by atoms with Crippen LogP contribution in [0.1, 0.15) is 28.9 Å². The van der Waals surface area contributed by atoms with Gasteiger partial charge in [-0.1, -0.05) is 13.2 Å². The number of aryl methyl sites for hydroxylation is 1. The molecule has 0 aliphatic carbocycles. The van der Waals surface area contributed by atoms with Gasteiger partial charge in [-0.05, 0) is 50.1 Å². The third-order valence-electron chi connectivity index (χ3n) is 6.02. The summed E-state index contributed by atoms with van der Waals surface area (Å²) in [5.74, 6) is -0.263. The van der Waals surface area contributed by atoms with Crippen molar-refractivity contribution in [3.05, 3.63) is 63.7 Å². The lowest BCUT2D eigenvalue weighted by atomic mass is 10.1. The van der Waals surface area contributed by atoms with Crippen LogP contribution < -0.4 is 15.9 Å². The van der Waals surface area contributed by atoms with E-state index in [1.54, 1.807) is 6.07 Å². The van der Waals surface area contributed by atoms with Crippen LogP contribution in [-0.2, 0) is 0 Å². The van der Waals surface area contributed by atoms with Crippen LogP contribution in [0.5, 0.6) is 0 Å². The number of benzene rings is 1. The number of H-pyrrole nitrogens is 2. The fraction of sp³-hybridized carbons (Fsp3) is 0.333. The van der Waals surface area contributed by atoms with Gasteiger partial charge in [0, 0.05) is 69.8 Å². The summed E-state index contributed by atoms with van der Waals surface area (Å²) >= 11 is 0. The van der Waals surface area contributed by atoms with Gasteiger partial charge in [-0.3, -0.25) is 4.90 Å². The zero-order chi connectivity index (χ0) is 21.4. The van der Waals surface area contributed by atoms with Crippen LogP contribution in [0.25, 0.3) is 29.3 Å². The Hall–Kier alpha value is -2.83. The van der Waals surface area contributed by atoms with Gasteiger partial charge in [0.1, 0.15) is 5.82 Å². The van der Waals surface area contributed by atoms with E-state index in [-0.39, 0.29) is 12.4 Å². The highest BCUT2D eigenvalue weighted by Crippen LogP contribution is 2.25.